The monoisotopic (exact) mass is 534 g/mol. The normalized spacial score (nSPS) is 30.8. The highest BCUT2D eigenvalue weighted by atomic mass is 15.3. The van der Waals surface area contributed by atoms with Gasteiger partial charge in [0.05, 0.1) is 0 Å². The number of likely N-dealkylation sites (tertiary alicyclic amines) is 5. The van der Waals surface area contributed by atoms with Crippen molar-refractivity contribution in [3.63, 3.8) is 0 Å². The van der Waals surface area contributed by atoms with Gasteiger partial charge in [-0.25, -0.2) is 0 Å². The van der Waals surface area contributed by atoms with Crippen LogP contribution in [0.5, 0.6) is 0 Å². The first-order chi connectivity index (χ1) is 18.2. The van der Waals surface area contributed by atoms with Crippen molar-refractivity contribution in [2.24, 2.45) is 10.8 Å². The largest absolute Gasteiger partial charge is 0.306 e. The highest BCUT2D eigenvalue weighted by Gasteiger charge is 2.42. The quantitative estimate of drug-likeness (QED) is 0.510. The lowest BCUT2D eigenvalue weighted by Gasteiger charge is -2.52. The molecule has 0 unspecified atom stereocenters. The number of rotatable bonds is 1. The molecule has 7 heteroatoms. The molecule has 6 aliphatic heterocycles. The molecule has 2 spiro atoms. The van der Waals surface area contributed by atoms with E-state index in [1.165, 1.54) is 143 Å². The van der Waals surface area contributed by atoms with E-state index in [1.54, 1.807) is 0 Å². The first kappa shape index (κ1) is 30.7. The van der Waals surface area contributed by atoms with E-state index >= 15 is 0 Å². The van der Waals surface area contributed by atoms with Crippen LogP contribution in [0.25, 0.3) is 0 Å². The fourth-order valence-electron chi connectivity index (χ4n) is 7.74. The summed E-state index contributed by atoms with van der Waals surface area (Å²) >= 11 is 0. The third-order valence-corrected chi connectivity index (χ3v) is 11.1. The maximum atomic E-state index is 2.70. The fourth-order valence-corrected chi connectivity index (χ4v) is 7.74. The van der Waals surface area contributed by atoms with E-state index in [9.17, 15) is 0 Å². The van der Waals surface area contributed by atoms with Gasteiger partial charge in [-0.05, 0) is 157 Å². The van der Waals surface area contributed by atoms with Crippen molar-refractivity contribution in [2.75, 3.05) is 134 Å². The molecule has 6 aliphatic rings. The van der Waals surface area contributed by atoms with Crippen LogP contribution in [0.2, 0.25) is 0 Å². The van der Waals surface area contributed by atoms with Gasteiger partial charge in [-0.2, -0.15) is 0 Å². The molecule has 0 bridgehead atoms. The molecule has 6 heterocycles. The summed E-state index contributed by atoms with van der Waals surface area (Å²) in [7, 11) is 13.4. The smallest absolute Gasteiger partial charge is 0.0121 e. The molecule has 38 heavy (non-hydrogen) atoms. The van der Waals surface area contributed by atoms with Crippen LogP contribution in [0.3, 0.4) is 0 Å². The number of hydrogen-bond donors (Lipinski definition) is 0. The van der Waals surface area contributed by atoms with Gasteiger partial charge >= 0.3 is 0 Å². The second kappa shape index (κ2) is 14.1. The molecule has 222 valence electrons. The van der Waals surface area contributed by atoms with Crippen LogP contribution in [0, 0.1) is 10.8 Å². The summed E-state index contributed by atoms with van der Waals surface area (Å²) in [6.45, 7) is 18.3. The molecule has 6 rings (SSSR count). The van der Waals surface area contributed by atoms with Crippen molar-refractivity contribution >= 4 is 0 Å². The Bertz CT molecular complexity index is 610. The summed E-state index contributed by atoms with van der Waals surface area (Å²) in [4.78, 5) is 17.4. The minimum absolute atomic E-state index is 0.735. The highest BCUT2D eigenvalue weighted by Crippen LogP contribution is 2.40. The summed E-state index contributed by atoms with van der Waals surface area (Å²) in [5.74, 6) is 0. The SMILES string of the molecule is CN1CCC(N2CCN(C)CC2)CC1.CN1CCC2(CC1)CCN(C)CC2.CN1CCC2(CC1)CN(C)C2. The molecule has 6 saturated heterocycles. The predicted molar refractivity (Wildman–Crippen MR) is 162 cm³/mol. The Hall–Kier alpha value is -0.280. The van der Waals surface area contributed by atoms with Crippen molar-refractivity contribution in [1.82, 2.24) is 34.3 Å². The first-order valence-electron chi connectivity index (χ1n) is 16.0. The second-order valence-corrected chi connectivity index (χ2v) is 14.5. The number of hydrogen-bond acceptors (Lipinski definition) is 7. The van der Waals surface area contributed by atoms with E-state index in [1.807, 2.05) is 0 Å². The average molecular weight is 534 g/mol. The number of piperidine rings is 4. The Morgan fingerprint density at radius 2 is 0.711 bits per heavy atom. The van der Waals surface area contributed by atoms with Crippen molar-refractivity contribution in [3.05, 3.63) is 0 Å². The van der Waals surface area contributed by atoms with E-state index in [-0.39, 0.29) is 0 Å². The van der Waals surface area contributed by atoms with Gasteiger partial charge in [-0.15, -0.1) is 0 Å². The fraction of sp³-hybridized carbons (Fsp3) is 1.00. The Balaban J connectivity index is 0.000000134. The molecule has 0 N–H and O–H groups in total. The van der Waals surface area contributed by atoms with E-state index in [0.29, 0.717) is 0 Å². The van der Waals surface area contributed by atoms with Crippen LogP contribution in [0.15, 0.2) is 0 Å². The van der Waals surface area contributed by atoms with E-state index in [0.717, 1.165) is 16.9 Å². The molecule has 0 aliphatic carbocycles. The highest BCUT2D eigenvalue weighted by molar-refractivity contribution is 4.96. The van der Waals surface area contributed by atoms with Crippen molar-refractivity contribution in [2.45, 2.75) is 57.4 Å². The van der Waals surface area contributed by atoms with Gasteiger partial charge < -0.3 is 29.4 Å². The Labute approximate surface area is 236 Å². The van der Waals surface area contributed by atoms with Gasteiger partial charge in [0.1, 0.15) is 0 Å². The Morgan fingerprint density at radius 1 is 0.368 bits per heavy atom. The summed E-state index contributed by atoms with van der Waals surface area (Å²) in [5, 5.41) is 0. The van der Waals surface area contributed by atoms with Crippen LogP contribution in [-0.4, -0.2) is 174 Å². The molecule has 0 radical (unpaired) electrons. The van der Waals surface area contributed by atoms with E-state index in [2.05, 4.69) is 76.6 Å². The molecule has 0 saturated carbocycles. The van der Waals surface area contributed by atoms with Gasteiger partial charge in [0, 0.05) is 45.3 Å². The van der Waals surface area contributed by atoms with Crippen molar-refractivity contribution < 1.29 is 0 Å². The van der Waals surface area contributed by atoms with Gasteiger partial charge in [0.25, 0.3) is 0 Å². The zero-order valence-electron chi connectivity index (χ0n) is 26.3. The minimum Gasteiger partial charge on any atom is -0.306 e. The second-order valence-electron chi connectivity index (χ2n) is 14.5. The van der Waals surface area contributed by atoms with Gasteiger partial charge in [0.15, 0.2) is 0 Å². The number of likely N-dealkylation sites (N-methyl/N-ethyl adjacent to an activating group) is 1. The topological polar surface area (TPSA) is 22.7 Å². The lowest BCUT2D eigenvalue weighted by atomic mass is 9.71. The van der Waals surface area contributed by atoms with Gasteiger partial charge in [0.2, 0.25) is 0 Å². The molecule has 0 amide bonds. The molecule has 0 aromatic heterocycles. The molecule has 7 nitrogen and oxygen atoms in total. The lowest BCUT2D eigenvalue weighted by Crippen LogP contribution is -2.58. The molecular weight excluding hydrogens is 470 g/mol. The van der Waals surface area contributed by atoms with E-state index < -0.39 is 0 Å². The molecule has 0 aromatic carbocycles. The Kier molecular flexibility index (Phi) is 11.4. The third kappa shape index (κ3) is 8.86. The maximum Gasteiger partial charge on any atom is 0.0121 e. The van der Waals surface area contributed by atoms with Crippen LogP contribution in [0.4, 0.5) is 0 Å². The summed E-state index contributed by atoms with van der Waals surface area (Å²) in [6, 6.07) is 0.875. The maximum absolute atomic E-state index is 2.70. The third-order valence-electron chi connectivity index (χ3n) is 11.1. The van der Waals surface area contributed by atoms with Crippen LogP contribution < -0.4 is 0 Å². The lowest BCUT2D eigenvalue weighted by molar-refractivity contribution is -0.0264. The molecular formula is C31H63N7. The number of piperazine rings is 1. The summed E-state index contributed by atoms with van der Waals surface area (Å²) in [6.07, 6.45) is 11.4. The van der Waals surface area contributed by atoms with Crippen molar-refractivity contribution in [1.29, 1.82) is 0 Å². The Morgan fingerprint density at radius 3 is 1.11 bits per heavy atom. The van der Waals surface area contributed by atoms with Crippen LogP contribution in [-0.2, 0) is 0 Å². The standard InChI is InChI=1S/C11H23N3.C11H22N2.C9H18N2/c1-12-5-3-11(4-6-12)14-9-7-13(2)8-10-14;1-12-7-3-11(4-8-12)5-9-13(2)10-6-11;1-10-5-3-9(4-6-10)7-11(2)8-9/h11H,3-10H2,1-2H3;3-10H2,1-2H3;3-8H2,1-2H3. The van der Waals surface area contributed by atoms with Crippen LogP contribution in [0.1, 0.15) is 51.4 Å². The average Bonchev–Trinajstić information content (AvgIpc) is 2.90. The molecule has 6 fully saturated rings. The zero-order valence-corrected chi connectivity index (χ0v) is 26.3. The van der Waals surface area contributed by atoms with Gasteiger partial charge in [-0.1, -0.05) is 0 Å². The summed E-state index contributed by atoms with van der Waals surface area (Å²) in [5.41, 5.74) is 1.47. The zero-order chi connectivity index (χ0) is 27.2. The molecule has 0 atom stereocenters. The van der Waals surface area contributed by atoms with Crippen molar-refractivity contribution in [3.8, 4) is 0 Å². The van der Waals surface area contributed by atoms with Gasteiger partial charge in [-0.3, -0.25) is 4.90 Å². The molecule has 0 aromatic rings. The summed E-state index contributed by atoms with van der Waals surface area (Å²) < 4.78 is 0. The number of nitrogens with zero attached hydrogens (tertiary/aromatic N) is 7. The van der Waals surface area contributed by atoms with E-state index in [4.69, 9.17) is 0 Å². The van der Waals surface area contributed by atoms with Crippen LogP contribution >= 0.6 is 0 Å². The first-order valence-corrected chi connectivity index (χ1v) is 16.0. The minimum atomic E-state index is 0.735. The predicted octanol–water partition coefficient (Wildman–Crippen LogP) is 2.40.